The van der Waals surface area contributed by atoms with E-state index in [1.54, 1.807) is 25.3 Å². The number of carbonyl (C=O) groups excluding carboxylic acids is 1. The molecule has 0 bridgehead atoms. The zero-order valence-electron chi connectivity index (χ0n) is 15.7. The van der Waals surface area contributed by atoms with Gasteiger partial charge in [-0.2, -0.15) is 0 Å². The molecule has 2 aromatic carbocycles. The van der Waals surface area contributed by atoms with Crippen molar-refractivity contribution in [3.05, 3.63) is 64.4 Å². The Balaban J connectivity index is 1.47. The van der Waals surface area contributed by atoms with Crippen LogP contribution >= 0.6 is 0 Å². The molecule has 0 N–H and O–H groups in total. The van der Waals surface area contributed by atoms with Crippen molar-refractivity contribution < 1.29 is 9.53 Å². The monoisotopic (exact) mass is 378 g/mol. The third kappa shape index (κ3) is 3.47. The van der Waals surface area contributed by atoms with Crippen LogP contribution in [-0.4, -0.2) is 39.5 Å². The molecule has 3 aromatic rings. The summed E-state index contributed by atoms with van der Waals surface area (Å²) >= 11 is 0. The van der Waals surface area contributed by atoms with Crippen LogP contribution < -0.4 is 10.3 Å². The lowest BCUT2D eigenvalue weighted by molar-refractivity contribution is -0.132. The fourth-order valence-electron chi connectivity index (χ4n) is 3.75. The third-order valence-electron chi connectivity index (χ3n) is 5.24. The van der Waals surface area contributed by atoms with Gasteiger partial charge in [0.15, 0.2) is 0 Å². The Bertz CT molecular complexity index is 1050. The standard InChI is InChI=1S/C21H22N4O3/c1-28-16-10-8-15(9-11-16)19-7-4-13-24(19)20(26)12-14-25-21(27)17-5-2-3-6-18(17)22-23-25/h2-3,5-6,8-11,19H,4,7,12-14H2,1H3/t19-/m0/s1. The average Bonchev–Trinajstić information content (AvgIpc) is 3.23. The maximum atomic E-state index is 12.8. The van der Waals surface area contributed by atoms with Crippen LogP contribution in [0.5, 0.6) is 5.75 Å². The molecule has 7 nitrogen and oxygen atoms in total. The van der Waals surface area contributed by atoms with Gasteiger partial charge in [0.05, 0.1) is 25.1 Å². The van der Waals surface area contributed by atoms with E-state index < -0.39 is 0 Å². The number of likely N-dealkylation sites (tertiary alicyclic amines) is 1. The predicted molar refractivity (Wildman–Crippen MR) is 105 cm³/mol. The Kier molecular flexibility index (Phi) is 5.06. The first-order valence-electron chi connectivity index (χ1n) is 9.43. The van der Waals surface area contributed by atoms with Crippen LogP contribution in [0.1, 0.15) is 30.9 Å². The van der Waals surface area contributed by atoms with E-state index in [9.17, 15) is 9.59 Å². The van der Waals surface area contributed by atoms with E-state index in [0.717, 1.165) is 30.7 Å². The number of aromatic nitrogens is 3. The summed E-state index contributed by atoms with van der Waals surface area (Å²) in [5.74, 6) is 0.828. The van der Waals surface area contributed by atoms with Gasteiger partial charge < -0.3 is 9.64 Å². The van der Waals surface area contributed by atoms with Gasteiger partial charge in [-0.15, -0.1) is 5.10 Å². The summed E-state index contributed by atoms with van der Waals surface area (Å²) in [6.45, 7) is 0.954. The minimum Gasteiger partial charge on any atom is -0.497 e. The minimum atomic E-state index is -0.216. The first kappa shape index (κ1) is 18.2. The second-order valence-electron chi connectivity index (χ2n) is 6.90. The summed E-state index contributed by atoms with van der Waals surface area (Å²) in [6, 6.07) is 15.0. The molecule has 1 fully saturated rings. The van der Waals surface area contributed by atoms with Crippen LogP contribution in [0.25, 0.3) is 10.9 Å². The number of benzene rings is 2. The van der Waals surface area contributed by atoms with Gasteiger partial charge in [-0.25, -0.2) is 4.68 Å². The Morgan fingerprint density at radius 3 is 2.75 bits per heavy atom. The predicted octanol–water partition coefficient (Wildman–Crippen LogP) is 2.55. The molecule has 0 radical (unpaired) electrons. The summed E-state index contributed by atoms with van der Waals surface area (Å²) < 4.78 is 6.49. The number of amides is 1. The highest BCUT2D eigenvalue weighted by atomic mass is 16.5. The molecule has 1 aliphatic rings. The molecule has 1 amide bonds. The first-order valence-corrected chi connectivity index (χ1v) is 9.43. The first-order chi connectivity index (χ1) is 13.7. The van der Waals surface area contributed by atoms with Crippen LogP contribution in [-0.2, 0) is 11.3 Å². The van der Waals surface area contributed by atoms with Crippen LogP contribution in [0.2, 0.25) is 0 Å². The van der Waals surface area contributed by atoms with Crippen molar-refractivity contribution in [3.8, 4) is 5.75 Å². The fourth-order valence-corrected chi connectivity index (χ4v) is 3.75. The molecule has 0 unspecified atom stereocenters. The van der Waals surface area contributed by atoms with E-state index in [-0.39, 0.29) is 30.5 Å². The van der Waals surface area contributed by atoms with Crippen LogP contribution in [0.3, 0.4) is 0 Å². The molecular weight excluding hydrogens is 356 g/mol. The van der Waals surface area contributed by atoms with E-state index in [4.69, 9.17) is 4.74 Å². The highest BCUT2D eigenvalue weighted by molar-refractivity contribution is 5.77. The van der Waals surface area contributed by atoms with Crippen molar-refractivity contribution in [2.45, 2.75) is 31.8 Å². The maximum absolute atomic E-state index is 12.8. The fraction of sp³-hybridized carbons (Fsp3) is 0.333. The molecule has 28 heavy (non-hydrogen) atoms. The molecule has 2 heterocycles. The molecule has 0 spiro atoms. The number of rotatable bonds is 5. The number of hydrogen-bond acceptors (Lipinski definition) is 5. The molecule has 0 saturated carbocycles. The Morgan fingerprint density at radius 1 is 1.18 bits per heavy atom. The van der Waals surface area contributed by atoms with Gasteiger partial charge in [0.1, 0.15) is 11.3 Å². The minimum absolute atomic E-state index is 0.0279. The molecule has 7 heteroatoms. The van der Waals surface area contributed by atoms with Gasteiger partial charge in [0.25, 0.3) is 5.56 Å². The normalized spacial score (nSPS) is 16.5. The van der Waals surface area contributed by atoms with Gasteiger partial charge in [0, 0.05) is 13.0 Å². The topological polar surface area (TPSA) is 77.3 Å². The van der Waals surface area contributed by atoms with Gasteiger partial charge in [0.2, 0.25) is 5.91 Å². The molecule has 144 valence electrons. The quantitative estimate of drug-likeness (QED) is 0.682. The van der Waals surface area contributed by atoms with Crippen molar-refractivity contribution >= 4 is 16.8 Å². The second-order valence-corrected chi connectivity index (χ2v) is 6.90. The Morgan fingerprint density at radius 2 is 1.96 bits per heavy atom. The van der Waals surface area contributed by atoms with Crippen LogP contribution in [0.4, 0.5) is 0 Å². The number of methoxy groups -OCH3 is 1. The van der Waals surface area contributed by atoms with Crippen molar-refractivity contribution in [1.29, 1.82) is 0 Å². The Labute approximate surface area is 162 Å². The number of ether oxygens (including phenoxy) is 1. The number of nitrogens with zero attached hydrogens (tertiary/aromatic N) is 4. The maximum Gasteiger partial charge on any atom is 0.277 e. The van der Waals surface area contributed by atoms with E-state index >= 15 is 0 Å². The molecular formula is C21H22N4O3. The van der Waals surface area contributed by atoms with Gasteiger partial charge in [-0.1, -0.05) is 29.5 Å². The largest absolute Gasteiger partial charge is 0.497 e. The second kappa shape index (κ2) is 7.80. The number of fused-ring (bicyclic) bond motifs is 1. The summed E-state index contributed by atoms with van der Waals surface area (Å²) in [5.41, 5.74) is 1.45. The number of aryl methyl sites for hydroxylation is 1. The number of hydrogen-bond donors (Lipinski definition) is 0. The summed E-state index contributed by atoms with van der Waals surface area (Å²) in [6.07, 6.45) is 2.13. The lowest BCUT2D eigenvalue weighted by Crippen LogP contribution is -2.33. The van der Waals surface area contributed by atoms with Crippen molar-refractivity contribution in [2.24, 2.45) is 0 Å². The highest BCUT2D eigenvalue weighted by Gasteiger charge is 2.29. The van der Waals surface area contributed by atoms with Gasteiger partial charge in [-0.05, 0) is 42.7 Å². The number of carbonyl (C=O) groups is 1. The summed E-state index contributed by atoms with van der Waals surface area (Å²) in [7, 11) is 1.64. The van der Waals surface area contributed by atoms with Crippen molar-refractivity contribution in [1.82, 2.24) is 19.9 Å². The van der Waals surface area contributed by atoms with Crippen molar-refractivity contribution in [3.63, 3.8) is 0 Å². The molecule has 1 saturated heterocycles. The van der Waals surface area contributed by atoms with Crippen molar-refractivity contribution in [2.75, 3.05) is 13.7 Å². The average molecular weight is 378 g/mol. The molecule has 1 aromatic heterocycles. The van der Waals surface area contributed by atoms with E-state index in [1.165, 1.54) is 4.68 Å². The van der Waals surface area contributed by atoms with Crippen LogP contribution in [0.15, 0.2) is 53.3 Å². The third-order valence-corrected chi connectivity index (χ3v) is 5.24. The Hall–Kier alpha value is -3.22. The van der Waals surface area contributed by atoms with Crippen LogP contribution in [0, 0.1) is 0 Å². The molecule has 1 aliphatic heterocycles. The molecule has 0 aliphatic carbocycles. The zero-order valence-corrected chi connectivity index (χ0v) is 15.7. The molecule has 1 atom stereocenters. The summed E-state index contributed by atoms with van der Waals surface area (Å²) in [4.78, 5) is 27.3. The van der Waals surface area contributed by atoms with E-state index in [0.29, 0.717) is 10.9 Å². The lowest BCUT2D eigenvalue weighted by atomic mass is 10.0. The lowest BCUT2D eigenvalue weighted by Gasteiger charge is -2.25. The smallest absolute Gasteiger partial charge is 0.277 e. The van der Waals surface area contributed by atoms with Gasteiger partial charge in [-0.3, -0.25) is 9.59 Å². The van der Waals surface area contributed by atoms with E-state index in [2.05, 4.69) is 10.3 Å². The highest BCUT2D eigenvalue weighted by Crippen LogP contribution is 2.33. The SMILES string of the molecule is COc1ccc([C@@H]2CCCN2C(=O)CCn2nnc3ccccc3c2=O)cc1. The summed E-state index contributed by atoms with van der Waals surface area (Å²) in [5, 5.41) is 8.56. The van der Waals surface area contributed by atoms with E-state index in [1.807, 2.05) is 35.2 Å². The molecule has 4 rings (SSSR count). The zero-order chi connectivity index (χ0) is 19.5. The van der Waals surface area contributed by atoms with Gasteiger partial charge >= 0.3 is 0 Å².